The Hall–Kier alpha value is -1.72. The highest BCUT2D eigenvalue weighted by atomic mass is 32.1. The smallest absolute Gasteiger partial charge is 0.247 e. The first kappa shape index (κ1) is 14.8. The number of nitrogens with zero attached hydrogens (tertiary/aromatic N) is 3. The van der Waals surface area contributed by atoms with Crippen molar-refractivity contribution in [2.24, 2.45) is 0 Å². The second-order valence-corrected chi connectivity index (χ2v) is 7.49. The third-order valence-corrected chi connectivity index (χ3v) is 5.67. The molecule has 0 aliphatic carbocycles. The van der Waals surface area contributed by atoms with Crippen LogP contribution in [0.2, 0.25) is 0 Å². The number of fused-ring (bicyclic) bond motifs is 1. The molecule has 2 aromatic rings. The predicted octanol–water partition coefficient (Wildman–Crippen LogP) is 3.78. The van der Waals surface area contributed by atoms with E-state index < -0.39 is 0 Å². The van der Waals surface area contributed by atoms with Crippen molar-refractivity contribution in [3.05, 3.63) is 47.0 Å². The second-order valence-electron chi connectivity index (χ2n) is 6.61. The predicted molar refractivity (Wildman–Crippen MR) is 92.6 cm³/mol. The zero-order chi connectivity index (χ0) is 16.0. The molecule has 0 saturated carbocycles. The van der Waals surface area contributed by atoms with Gasteiger partial charge >= 0.3 is 0 Å². The van der Waals surface area contributed by atoms with Gasteiger partial charge in [-0.3, -0.25) is 14.6 Å². The van der Waals surface area contributed by atoms with E-state index in [1.807, 2.05) is 10.3 Å². The lowest BCUT2D eigenvalue weighted by atomic mass is 10.0. The molecular weight excluding hydrogens is 306 g/mol. The van der Waals surface area contributed by atoms with Gasteiger partial charge in [-0.1, -0.05) is 38.1 Å². The Labute approximate surface area is 140 Å². The average molecular weight is 327 g/mol. The summed E-state index contributed by atoms with van der Waals surface area (Å²) in [6.45, 7) is 5.38. The van der Waals surface area contributed by atoms with Crippen LogP contribution in [0.25, 0.3) is 0 Å². The molecule has 120 valence electrons. The van der Waals surface area contributed by atoms with Gasteiger partial charge in [-0.2, -0.15) is 0 Å². The van der Waals surface area contributed by atoms with Crippen molar-refractivity contribution >= 4 is 22.4 Å². The Kier molecular flexibility index (Phi) is 3.70. The Balaban J connectivity index is 1.74. The first-order valence-corrected chi connectivity index (χ1v) is 9.13. The quantitative estimate of drug-likeness (QED) is 0.861. The molecule has 4 nitrogen and oxygen atoms in total. The fourth-order valence-corrected chi connectivity index (χ4v) is 4.37. The highest BCUT2D eigenvalue weighted by Crippen LogP contribution is 2.43. The summed E-state index contributed by atoms with van der Waals surface area (Å²) in [5.41, 5.74) is 2.51. The molecule has 0 spiro atoms. The largest absolute Gasteiger partial charge is 0.273 e. The summed E-state index contributed by atoms with van der Waals surface area (Å²) >= 11 is 1.54. The fraction of sp³-hybridized carbons (Fsp3) is 0.444. The van der Waals surface area contributed by atoms with Crippen LogP contribution in [-0.4, -0.2) is 28.4 Å². The first-order valence-electron chi connectivity index (χ1n) is 8.25. The number of thiazole rings is 1. The minimum Gasteiger partial charge on any atom is -0.273 e. The number of anilines is 1. The van der Waals surface area contributed by atoms with Gasteiger partial charge in [0.15, 0.2) is 5.13 Å². The molecular formula is C18H21N3OS. The Morgan fingerprint density at radius 3 is 2.70 bits per heavy atom. The van der Waals surface area contributed by atoms with E-state index in [1.54, 1.807) is 6.20 Å². The molecule has 0 radical (unpaired) electrons. The van der Waals surface area contributed by atoms with Gasteiger partial charge in [0.1, 0.15) is 6.17 Å². The van der Waals surface area contributed by atoms with Gasteiger partial charge < -0.3 is 0 Å². The van der Waals surface area contributed by atoms with Gasteiger partial charge in [0.05, 0.1) is 6.04 Å². The molecule has 2 unspecified atom stereocenters. The molecule has 2 fully saturated rings. The van der Waals surface area contributed by atoms with E-state index >= 15 is 0 Å². The maximum atomic E-state index is 12.9. The number of aromatic nitrogens is 1. The lowest BCUT2D eigenvalue weighted by Gasteiger charge is -2.28. The molecule has 2 aliphatic rings. The van der Waals surface area contributed by atoms with Crippen LogP contribution in [0.4, 0.5) is 5.13 Å². The lowest BCUT2D eigenvalue weighted by Crippen LogP contribution is -2.32. The Morgan fingerprint density at radius 2 is 2.04 bits per heavy atom. The van der Waals surface area contributed by atoms with E-state index in [9.17, 15) is 4.79 Å². The summed E-state index contributed by atoms with van der Waals surface area (Å²) in [7, 11) is 0. The number of hydrogen-bond acceptors (Lipinski definition) is 4. The number of amides is 1. The Morgan fingerprint density at radius 1 is 1.26 bits per heavy atom. The summed E-state index contributed by atoms with van der Waals surface area (Å²) in [5, 5.41) is 2.74. The molecule has 5 heteroatoms. The van der Waals surface area contributed by atoms with E-state index in [0.717, 1.165) is 24.5 Å². The minimum absolute atomic E-state index is 0.0117. The van der Waals surface area contributed by atoms with Gasteiger partial charge in [-0.15, -0.1) is 11.3 Å². The van der Waals surface area contributed by atoms with Crippen LogP contribution in [-0.2, 0) is 4.79 Å². The molecule has 0 bridgehead atoms. The van der Waals surface area contributed by atoms with Gasteiger partial charge in [0.25, 0.3) is 0 Å². The summed E-state index contributed by atoms with van der Waals surface area (Å²) < 4.78 is 0. The molecule has 0 N–H and O–H groups in total. The van der Waals surface area contributed by atoms with E-state index in [0.29, 0.717) is 5.92 Å². The zero-order valence-corrected chi connectivity index (χ0v) is 14.3. The van der Waals surface area contributed by atoms with Gasteiger partial charge in [-0.05, 0) is 29.9 Å². The van der Waals surface area contributed by atoms with Crippen molar-refractivity contribution in [1.82, 2.24) is 9.88 Å². The molecule has 1 aromatic heterocycles. The van der Waals surface area contributed by atoms with Crippen LogP contribution in [0.3, 0.4) is 0 Å². The average Bonchev–Trinajstić information content (AvgIpc) is 3.26. The third-order valence-electron chi connectivity index (χ3n) is 4.90. The standard InChI is InChI=1S/C18H21N3OS/c1-12(2)13-5-7-14(8-6-13)16-20-10-3-4-15(20)17(22)21(16)18-19-9-11-23-18/h5-9,11-12,15-16H,3-4,10H2,1-2H3. The van der Waals surface area contributed by atoms with E-state index in [4.69, 9.17) is 0 Å². The maximum absolute atomic E-state index is 12.9. The normalized spacial score (nSPS) is 24.7. The highest BCUT2D eigenvalue weighted by molar-refractivity contribution is 7.13. The van der Waals surface area contributed by atoms with Crippen molar-refractivity contribution in [1.29, 1.82) is 0 Å². The molecule has 3 heterocycles. The number of carbonyl (C=O) groups excluding carboxylic acids is 1. The highest BCUT2D eigenvalue weighted by Gasteiger charge is 2.50. The van der Waals surface area contributed by atoms with E-state index in [2.05, 4.69) is 48.0 Å². The van der Waals surface area contributed by atoms with Gasteiger partial charge in [-0.25, -0.2) is 4.98 Å². The SMILES string of the molecule is CC(C)c1ccc(C2N(c3nccs3)C(=O)C3CCCN32)cc1. The summed E-state index contributed by atoms with van der Waals surface area (Å²) in [6.07, 6.45) is 3.82. The van der Waals surface area contributed by atoms with Gasteiger partial charge in [0, 0.05) is 18.1 Å². The van der Waals surface area contributed by atoms with Gasteiger partial charge in [0.2, 0.25) is 5.91 Å². The van der Waals surface area contributed by atoms with Crippen molar-refractivity contribution in [3.8, 4) is 0 Å². The topological polar surface area (TPSA) is 36.4 Å². The van der Waals surface area contributed by atoms with Crippen LogP contribution < -0.4 is 4.90 Å². The maximum Gasteiger partial charge on any atom is 0.247 e. The molecule has 1 amide bonds. The number of rotatable bonds is 3. The molecule has 23 heavy (non-hydrogen) atoms. The third kappa shape index (κ3) is 2.39. The van der Waals surface area contributed by atoms with Crippen LogP contribution in [0, 0.1) is 0 Å². The van der Waals surface area contributed by atoms with Crippen molar-refractivity contribution in [2.45, 2.75) is 44.8 Å². The zero-order valence-electron chi connectivity index (χ0n) is 13.5. The molecule has 2 saturated heterocycles. The number of hydrogen-bond donors (Lipinski definition) is 0. The summed E-state index contributed by atoms with van der Waals surface area (Å²) in [6, 6.07) is 8.75. The monoisotopic (exact) mass is 327 g/mol. The molecule has 2 atom stereocenters. The van der Waals surface area contributed by atoms with Crippen LogP contribution >= 0.6 is 11.3 Å². The molecule has 4 rings (SSSR count). The van der Waals surface area contributed by atoms with E-state index in [1.165, 1.54) is 22.5 Å². The fourth-order valence-electron chi connectivity index (χ4n) is 3.70. The molecule has 1 aromatic carbocycles. The van der Waals surface area contributed by atoms with Crippen molar-refractivity contribution in [2.75, 3.05) is 11.4 Å². The lowest BCUT2D eigenvalue weighted by molar-refractivity contribution is -0.119. The van der Waals surface area contributed by atoms with Crippen LogP contribution in [0.5, 0.6) is 0 Å². The summed E-state index contributed by atoms with van der Waals surface area (Å²) in [4.78, 5) is 21.5. The van der Waals surface area contributed by atoms with Crippen molar-refractivity contribution < 1.29 is 4.79 Å². The number of carbonyl (C=O) groups is 1. The summed E-state index contributed by atoms with van der Waals surface area (Å²) in [5.74, 6) is 0.722. The minimum atomic E-state index is -0.0117. The first-order chi connectivity index (χ1) is 11.2. The number of benzene rings is 1. The second kappa shape index (κ2) is 5.73. The van der Waals surface area contributed by atoms with Crippen LogP contribution in [0.1, 0.15) is 49.9 Å². The van der Waals surface area contributed by atoms with Crippen molar-refractivity contribution in [3.63, 3.8) is 0 Å². The van der Waals surface area contributed by atoms with E-state index in [-0.39, 0.29) is 18.1 Å². The molecule has 2 aliphatic heterocycles. The van der Waals surface area contributed by atoms with Crippen LogP contribution in [0.15, 0.2) is 35.8 Å². The Bertz CT molecular complexity index is 696.